The molecule has 0 amide bonds. The number of nitrogens with one attached hydrogen (secondary N) is 1. The molecule has 4 nitrogen and oxygen atoms in total. The van der Waals surface area contributed by atoms with Gasteiger partial charge in [0.2, 0.25) is 0 Å². The van der Waals surface area contributed by atoms with Crippen LogP contribution in [0.4, 0.5) is 4.39 Å². The second-order valence-corrected chi connectivity index (χ2v) is 7.33. The second kappa shape index (κ2) is 7.25. The molecule has 0 saturated carbocycles. The van der Waals surface area contributed by atoms with Gasteiger partial charge in [-0.2, -0.15) is 0 Å². The molecule has 1 N–H and O–H groups in total. The lowest BCUT2D eigenvalue weighted by molar-refractivity contribution is 0.240. The number of H-pyrrole nitrogens is 1. The van der Waals surface area contributed by atoms with Gasteiger partial charge in [-0.25, -0.2) is 9.37 Å². The van der Waals surface area contributed by atoms with Gasteiger partial charge in [0.05, 0.1) is 5.69 Å². The minimum Gasteiger partial charge on any atom is -0.306 e. The largest absolute Gasteiger partial charge is 0.306 e. The van der Waals surface area contributed by atoms with Crippen LogP contribution >= 0.6 is 11.6 Å². The number of rotatable bonds is 3. The van der Waals surface area contributed by atoms with Gasteiger partial charge in [-0.05, 0) is 54.8 Å². The maximum absolute atomic E-state index is 13.8. The fourth-order valence-electron chi connectivity index (χ4n) is 3.37. The summed E-state index contributed by atoms with van der Waals surface area (Å²) in [4.78, 5) is 22.2. The number of halogens is 2. The van der Waals surface area contributed by atoms with Crippen LogP contribution < -0.4 is 5.56 Å². The quantitative estimate of drug-likeness (QED) is 0.740. The van der Waals surface area contributed by atoms with Crippen molar-refractivity contribution in [2.45, 2.75) is 26.4 Å². The summed E-state index contributed by atoms with van der Waals surface area (Å²) in [6.45, 7) is 3.69. The number of hydrogen-bond acceptors (Lipinski definition) is 3. The summed E-state index contributed by atoms with van der Waals surface area (Å²) in [5.41, 5.74) is 3.80. The van der Waals surface area contributed by atoms with Gasteiger partial charge < -0.3 is 4.98 Å². The number of aromatic amines is 1. The summed E-state index contributed by atoms with van der Waals surface area (Å²) in [5.74, 6) is 0.350. The number of hydrogen-bond donors (Lipinski definition) is 1. The molecule has 0 atom stereocenters. The molecule has 1 aliphatic heterocycles. The maximum atomic E-state index is 13.8. The predicted molar refractivity (Wildman–Crippen MR) is 104 cm³/mol. The summed E-state index contributed by atoms with van der Waals surface area (Å²) in [7, 11) is 0. The van der Waals surface area contributed by atoms with Crippen molar-refractivity contribution in [1.82, 2.24) is 14.9 Å². The van der Waals surface area contributed by atoms with E-state index in [1.54, 1.807) is 31.2 Å². The van der Waals surface area contributed by atoms with E-state index < -0.39 is 0 Å². The van der Waals surface area contributed by atoms with E-state index in [9.17, 15) is 9.18 Å². The van der Waals surface area contributed by atoms with Crippen LogP contribution in [-0.2, 0) is 19.5 Å². The maximum Gasteiger partial charge on any atom is 0.254 e. The lowest BCUT2D eigenvalue weighted by Gasteiger charge is -2.27. The average Bonchev–Trinajstić information content (AvgIpc) is 2.65. The Morgan fingerprint density at radius 3 is 2.74 bits per heavy atom. The van der Waals surface area contributed by atoms with Crippen LogP contribution in [0.2, 0.25) is 5.02 Å². The Kier molecular flexibility index (Phi) is 4.81. The van der Waals surface area contributed by atoms with Crippen molar-refractivity contribution >= 4 is 11.6 Å². The monoisotopic (exact) mass is 383 g/mol. The second-order valence-electron chi connectivity index (χ2n) is 6.89. The molecule has 27 heavy (non-hydrogen) atoms. The van der Waals surface area contributed by atoms with E-state index >= 15 is 0 Å². The molecule has 0 unspecified atom stereocenters. The van der Waals surface area contributed by atoms with E-state index in [2.05, 4.69) is 14.9 Å². The third-order valence-corrected chi connectivity index (χ3v) is 5.16. The molecule has 3 aromatic rings. The van der Waals surface area contributed by atoms with Crippen LogP contribution in [0.5, 0.6) is 0 Å². The van der Waals surface area contributed by atoms with Crippen molar-refractivity contribution in [2.24, 2.45) is 0 Å². The van der Waals surface area contributed by atoms with E-state index in [1.165, 1.54) is 0 Å². The van der Waals surface area contributed by atoms with Crippen LogP contribution in [-0.4, -0.2) is 21.4 Å². The molecular formula is C21H19ClFN3O. The van der Waals surface area contributed by atoms with E-state index in [4.69, 9.17) is 11.6 Å². The van der Waals surface area contributed by atoms with Gasteiger partial charge in [0.15, 0.2) is 0 Å². The molecule has 6 heteroatoms. The first-order chi connectivity index (χ1) is 13.0. The molecule has 2 heterocycles. The zero-order valence-corrected chi connectivity index (χ0v) is 15.7. The first kappa shape index (κ1) is 17.9. The minimum absolute atomic E-state index is 0.0917. The summed E-state index contributed by atoms with van der Waals surface area (Å²) >= 11 is 5.94. The number of nitrogens with zero attached hydrogens (tertiary/aromatic N) is 2. The van der Waals surface area contributed by atoms with Gasteiger partial charge in [0.1, 0.15) is 11.6 Å². The Morgan fingerprint density at radius 1 is 1.22 bits per heavy atom. The lowest BCUT2D eigenvalue weighted by Crippen LogP contribution is -2.35. The minimum atomic E-state index is -0.190. The Labute approximate surface area is 161 Å². The van der Waals surface area contributed by atoms with Crippen LogP contribution in [0.3, 0.4) is 0 Å². The normalized spacial score (nSPS) is 14.2. The van der Waals surface area contributed by atoms with Gasteiger partial charge in [-0.3, -0.25) is 9.69 Å². The molecule has 0 radical (unpaired) electrons. The molecule has 4 rings (SSSR count). The van der Waals surface area contributed by atoms with Crippen molar-refractivity contribution in [3.05, 3.63) is 86.0 Å². The summed E-state index contributed by atoms with van der Waals surface area (Å²) in [6.07, 6.45) is 0.632. The first-order valence-corrected chi connectivity index (χ1v) is 9.23. The third-order valence-electron chi connectivity index (χ3n) is 4.91. The molecular weight excluding hydrogens is 365 g/mol. The zero-order chi connectivity index (χ0) is 19.0. The number of benzene rings is 2. The van der Waals surface area contributed by atoms with Crippen molar-refractivity contribution in [3.63, 3.8) is 0 Å². The topological polar surface area (TPSA) is 49.0 Å². The molecule has 0 fully saturated rings. The highest BCUT2D eigenvalue weighted by Gasteiger charge is 2.21. The Balaban J connectivity index is 1.60. The highest BCUT2D eigenvalue weighted by Crippen LogP contribution is 2.22. The highest BCUT2D eigenvalue weighted by atomic mass is 35.5. The van der Waals surface area contributed by atoms with E-state index in [0.717, 1.165) is 28.9 Å². The highest BCUT2D eigenvalue weighted by molar-refractivity contribution is 6.30. The molecule has 1 aliphatic rings. The lowest BCUT2D eigenvalue weighted by atomic mass is 10.0. The molecule has 1 aromatic heterocycles. The Bertz CT molecular complexity index is 1050. The first-order valence-electron chi connectivity index (χ1n) is 8.85. The fraction of sp³-hybridized carbons (Fsp3) is 0.238. The van der Waals surface area contributed by atoms with E-state index in [-0.39, 0.29) is 11.4 Å². The van der Waals surface area contributed by atoms with Crippen LogP contribution in [0.25, 0.3) is 11.4 Å². The summed E-state index contributed by atoms with van der Waals surface area (Å²) < 4.78 is 13.8. The van der Waals surface area contributed by atoms with E-state index in [1.807, 2.05) is 18.2 Å². The fourth-order valence-corrected chi connectivity index (χ4v) is 3.49. The third kappa shape index (κ3) is 3.80. The molecule has 0 saturated heterocycles. The van der Waals surface area contributed by atoms with E-state index in [0.29, 0.717) is 35.9 Å². The van der Waals surface area contributed by atoms with Crippen LogP contribution in [0.1, 0.15) is 22.4 Å². The van der Waals surface area contributed by atoms with Gasteiger partial charge in [0.25, 0.3) is 5.56 Å². The smallest absolute Gasteiger partial charge is 0.254 e. The molecule has 0 aliphatic carbocycles. The molecule has 0 bridgehead atoms. The Hall–Kier alpha value is -2.50. The predicted octanol–water partition coefficient (Wildman–Crippen LogP) is 4.10. The molecule has 138 valence electrons. The Morgan fingerprint density at radius 2 is 2.00 bits per heavy atom. The van der Waals surface area contributed by atoms with Crippen molar-refractivity contribution < 1.29 is 4.39 Å². The van der Waals surface area contributed by atoms with Crippen LogP contribution in [0, 0.1) is 12.7 Å². The van der Waals surface area contributed by atoms with Crippen molar-refractivity contribution in [3.8, 4) is 11.4 Å². The van der Waals surface area contributed by atoms with Crippen LogP contribution in [0.15, 0.2) is 47.3 Å². The SMILES string of the molecule is Cc1ccc(CN2CCc3c(nc(-c4ccc(Cl)cc4)[nH]c3=O)C2)cc1F. The van der Waals surface area contributed by atoms with Gasteiger partial charge in [-0.1, -0.05) is 23.7 Å². The van der Waals surface area contributed by atoms with Gasteiger partial charge >= 0.3 is 0 Å². The van der Waals surface area contributed by atoms with Crippen molar-refractivity contribution in [1.29, 1.82) is 0 Å². The average molecular weight is 384 g/mol. The van der Waals surface area contributed by atoms with Crippen molar-refractivity contribution in [2.75, 3.05) is 6.54 Å². The number of aryl methyl sites for hydroxylation is 1. The van der Waals surface area contributed by atoms with Gasteiger partial charge in [-0.15, -0.1) is 0 Å². The molecule has 2 aromatic carbocycles. The van der Waals surface area contributed by atoms with Gasteiger partial charge in [0, 0.05) is 35.8 Å². The summed E-state index contributed by atoms with van der Waals surface area (Å²) in [5, 5.41) is 0.635. The standard InChI is InChI=1S/C21H19ClFN3O/c1-13-2-3-14(10-18(13)23)11-26-9-8-17-19(12-26)24-20(25-21(17)27)15-4-6-16(22)7-5-15/h2-7,10H,8-9,11-12H2,1H3,(H,24,25,27). The molecule has 0 spiro atoms. The zero-order valence-electron chi connectivity index (χ0n) is 14.9. The number of fused-ring (bicyclic) bond motifs is 1. The number of aromatic nitrogens is 2. The summed E-state index contributed by atoms with van der Waals surface area (Å²) in [6, 6.07) is 12.5.